The molecule has 4 nitrogen and oxygen atoms in total. The Morgan fingerprint density at radius 1 is 1.29 bits per heavy atom. The van der Waals surface area contributed by atoms with Gasteiger partial charge in [0.2, 0.25) is 0 Å². The molecular weight excluding hydrogens is 284 g/mol. The number of nitrogens with one attached hydrogen (secondary N) is 1. The molecule has 0 fully saturated rings. The highest BCUT2D eigenvalue weighted by Gasteiger charge is 2.16. The van der Waals surface area contributed by atoms with Gasteiger partial charge in [-0.2, -0.15) is 5.10 Å². The highest BCUT2D eigenvalue weighted by molar-refractivity contribution is 6.31. The molecule has 0 bridgehead atoms. The summed E-state index contributed by atoms with van der Waals surface area (Å²) in [6, 6.07) is 8.80. The van der Waals surface area contributed by atoms with Gasteiger partial charge < -0.3 is 0 Å². The van der Waals surface area contributed by atoms with Gasteiger partial charge in [-0.25, -0.2) is 0 Å². The first kappa shape index (κ1) is 16.0. The monoisotopic (exact) mass is 306 g/mol. The quantitative estimate of drug-likeness (QED) is 0.637. The highest BCUT2D eigenvalue weighted by Crippen LogP contribution is 2.21. The number of nitrogens with two attached hydrogens (primary N) is 1. The minimum absolute atomic E-state index is 0.179. The van der Waals surface area contributed by atoms with E-state index in [0.29, 0.717) is 0 Å². The summed E-state index contributed by atoms with van der Waals surface area (Å²) in [7, 11) is 1.92. The number of hydrogen-bond donors (Lipinski definition) is 2. The lowest BCUT2D eigenvalue weighted by Crippen LogP contribution is -2.37. The smallest absolute Gasteiger partial charge is 0.0847 e. The van der Waals surface area contributed by atoms with E-state index in [1.54, 1.807) is 0 Å². The fourth-order valence-corrected chi connectivity index (χ4v) is 2.71. The van der Waals surface area contributed by atoms with Crippen LogP contribution in [0.3, 0.4) is 0 Å². The molecule has 0 aliphatic heterocycles. The molecule has 114 valence electrons. The van der Waals surface area contributed by atoms with Crippen molar-refractivity contribution in [2.45, 2.75) is 39.2 Å². The molecule has 0 amide bonds. The molecular formula is C16H23ClN4. The Morgan fingerprint density at radius 3 is 2.48 bits per heavy atom. The maximum Gasteiger partial charge on any atom is 0.0847 e. The van der Waals surface area contributed by atoms with Crippen LogP contribution in [0.15, 0.2) is 24.3 Å². The fraction of sp³-hybridized carbons (Fsp3) is 0.438. The molecule has 1 aromatic heterocycles. The molecule has 1 unspecified atom stereocenters. The van der Waals surface area contributed by atoms with Gasteiger partial charge in [-0.15, -0.1) is 0 Å². The van der Waals surface area contributed by atoms with E-state index in [1.165, 1.54) is 11.1 Å². The zero-order valence-corrected chi connectivity index (χ0v) is 13.6. The molecule has 0 saturated carbocycles. The second-order valence-corrected chi connectivity index (χ2v) is 5.94. The molecule has 5 heteroatoms. The lowest BCUT2D eigenvalue weighted by molar-refractivity contribution is 0.478. The standard InChI is InChI=1S/C16H23ClN4/c1-11-4-6-13(7-5-11)8-9-14(19-18)10-15-16(17)12(2)20-21(15)3/h4-7,14,19H,8-10,18H2,1-3H3. The van der Waals surface area contributed by atoms with Crippen molar-refractivity contribution in [2.24, 2.45) is 12.9 Å². The van der Waals surface area contributed by atoms with E-state index >= 15 is 0 Å². The van der Waals surface area contributed by atoms with Gasteiger partial charge in [-0.3, -0.25) is 16.0 Å². The Hall–Kier alpha value is -1.36. The average molecular weight is 307 g/mol. The predicted molar refractivity (Wildman–Crippen MR) is 87.3 cm³/mol. The van der Waals surface area contributed by atoms with Gasteiger partial charge in [0, 0.05) is 19.5 Å². The molecule has 21 heavy (non-hydrogen) atoms. The summed E-state index contributed by atoms with van der Waals surface area (Å²) in [6.45, 7) is 4.02. The maximum atomic E-state index is 6.30. The molecule has 0 spiro atoms. The first-order chi connectivity index (χ1) is 10.0. The van der Waals surface area contributed by atoms with Gasteiger partial charge in [-0.1, -0.05) is 41.4 Å². The summed E-state index contributed by atoms with van der Waals surface area (Å²) in [5.74, 6) is 5.69. The van der Waals surface area contributed by atoms with E-state index in [9.17, 15) is 0 Å². The molecule has 1 atom stereocenters. The van der Waals surface area contributed by atoms with Crippen LogP contribution >= 0.6 is 11.6 Å². The van der Waals surface area contributed by atoms with Crippen molar-refractivity contribution < 1.29 is 0 Å². The molecule has 3 N–H and O–H groups in total. The molecule has 0 aliphatic carbocycles. The zero-order valence-electron chi connectivity index (χ0n) is 12.9. The minimum atomic E-state index is 0.179. The zero-order chi connectivity index (χ0) is 15.4. The van der Waals surface area contributed by atoms with Crippen LogP contribution in [0.2, 0.25) is 5.02 Å². The van der Waals surface area contributed by atoms with Crippen LogP contribution in [0.5, 0.6) is 0 Å². The van der Waals surface area contributed by atoms with Gasteiger partial charge >= 0.3 is 0 Å². The lowest BCUT2D eigenvalue weighted by Gasteiger charge is -2.16. The number of benzene rings is 1. The first-order valence-corrected chi connectivity index (χ1v) is 7.58. The van der Waals surface area contributed by atoms with E-state index in [1.807, 2.05) is 18.7 Å². The van der Waals surface area contributed by atoms with Crippen LogP contribution in [0, 0.1) is 13.8 Å². The topological polar surface area (TPSA) is 55.9 Å². The Morgan fingerprint density at radius 2 is 1.95 bits per heavy atom. The minimum Gasteiger partial charge on any atom is -0.271 e. The van der Waals surface area contributed by atoms with Crippen LogP contribution < -0.4 is 11.3 Å². The molecule has 1 heterocycles. The predicted octanol–water partition coefficient (Wildman–Crippen LogP) is 2.70. The highest BCUT2D eigenvalue weighted by atomic mass is 35.5. The molecule has 2 rings (SSSR count). The number of hydrogen-bond acceptors (Lipinski definition) is 3. The third-order valence-electron chi connectivity index (χ3n) is 3.84. The van der Waals surface area contributed by atoms with Crippen molar-refractivity contribution in [3.8, 4) is 0 Å². The SMILES string of the molecule is Cc1ccc(CCC(Cc2c(Cl)c(C)nn2C)NN)cc1. The number of aryl methyl sites for hydroxylation is 4. The van der Waals surface area contributed by atoms with Crippen molar-refractivity contribution in [1.29, 1.82) is 0 Å². The van der Waals surface area contributed by atoms with Crippen LogP contribution in [0.4, 0.5) is 0 Å². The average Bonchev–Trinajstić information content (AvgIpc) is 2.71. The van der Waals surface area contributed by atoms with Gasteiger partial charge in [0.15, 0.2) is 0 Å². The van der Waals surface area contributed by atoms with Gasteiger partial charge in [0.05, 0.1) is 16.4 Å². The van der Waals surface area contributed by atoms with E-state index in [2.05, 4.69) is 41.7 Å². The second kappa shape index (κ2) is 7.07. The molecule has 0 saturated heterocycles. The Balaban J connectivity index is 1.98. The van der Waals surface area contributed by atoms with Gasteiger partial charge in [0.25, 0.3) is 0 Å². The van der Waals surface area contributed by atoms with Crippen LogP contribution in [-0.2, 0) is 19.9 Å². The number of nitrogens with zero attached hydrogens (tertiary/aromatic N) is 2. The number of aromatic nitrogens is 2. The van der Waals surface area contributed by atoms with Crippen molar-refractivity contribution in [1.82, 2.24) is 15.2 Å². The Labute approximate surface area is 131 Å². The van der Waals surface area contributed by atoms with E-state index in [-0.39, 0.29) is 6.04 Å². The lowest BCUT2D eigenvalue weighted by atomic mass is 10.0. The third-order valence-corrected chi connectivity index (χ3v) is 4.33. The number of halogens is 1. The summed E-state index contributed by atoms with van der Waals surface area (Å²) in [5, 5.41) is 5.09. The van der Waals surface area contributed by atoms with Crippen LogP contribution in [-0.4, -0.2) is 15.8 Å². The fourth-order valence-electron chi connectivity index (χ4n) is 2.48. The number of rotatable bonds is 6. The van der Waals surface area contributed by atoms with E-state index in [0.717, 1.165) is 35.7 Å². The van der Waals surface area contributed by atoms with E-state index < -0.39 is 0 Å². The molecule has 1 aromatic carbocycles. The first-order valence-electron chi connectivity index (χ1n) is 7.21. The third kappa shape index (κ3) is 4.06. The number of hydrazine groups is 1. The van der Waals surface area contributed by atoms with Gasteiger partial charge in [0.1, 0.15) is 0 Å². The van der Waals surface area contributed by atoms with Crippen LogP contribution in [0.25, 0.3) is 0 Å². The summed E-state index contributed by atoms with van der Waals surface area (Å²) in [4.78, 5) is 0. The Bertz CT molecular complexity index is 589. The summed E-state index contributed by atoms with van der Waals surface area (Å²) in [6.07, 6.45) is 2.72. The van der Waals surface area contributed by atoms with E-state index in [4.69, 9.17) is 17.4 Å². The summed E-state index contributed by atoms with van der Waals surface area (Å²) >= 11 is 6.30. The van der Waals surface area contributed by atoms with Crippen molar-refractivity contribution in [3.63, 3.8) is 0 Å². The van der Waals surface area contributed by atoms with Gasteiger partial charge in [-0.05, 0) is 32.3 Å². The molecule has 2 aromatic rings. The maximum absolute atomic E-state index is 6.30. The van der Waals surface area contributed by atoms with Crippen molar-refractivity contribution in [3.05, 3.63) is 51.8 Å². The molecule has 0 aliphatic rings. The van der Waals surface area contributed by atoms with Crippen LogP contribution in [0.1, 0.15) is 28.9 Å². The largest absolute Gasteiger partial charge is 0.271 e. The Kier molecular flexibility index (Phi) is 5.39. The van der Waals surface area contributed by atoms with Crippen molar-refractivity contribution in [2.75, 3.05) is 0 Å². The van der Waals surface area contributed by atoms with Crippen molar-refractivity contribution >= 4 is 11.6 Å². The second-order valence-electron chi connectivity index (χ2n) is 5.56. The summed E-state index contributed by atoms with van der Waals surface area (Å²) in [5.41, 5.74) is 7.40. The molecule has 0 radical (unpaired) electrons. The normalized spacial score (nSPS) is 12.6. The summed E-state index contributed by atoms with van der Waals surface area (Å²) < 4.78 is 1.84.